The van der Waals surface area contributed by atoms with E-state index >= 15 is 0 Å². The van der Waals surface area contributed by atoms with Crippen LogP contribution in [-0.2, 0) is 0 Å². The first-order valence-corrected chi connectivity index (χ1v) is 8.04. The summed E-state index contributed by atoms with van der Waals surface area (Å²) in [5.41, 5.74) is 0. The monoisotopic (exact) mass is 410 g/mol. The lowest BCUT2D eigenvalue weighted by atomic mass is 9.81. The molecule has 0 aromatic carbocycles. The van der Waals surface area contributed by atoms with Crippen molar-refractivity contribution in [2.45, 2.75) is 36.9 Å². The molecule has 3 heteroatoms. The van der Waals surface area contributed by atoms with E-state index in [4.69, 9.17) is 12.6 Å². The van der Waals surface area contributed by atoms with Gasteiger partial charge in [-0.25, -0.2) is 0 Å². The summed E-state index contributed by atoms with van der Waals surface area (Å²) in [7, 11) is 0. The summed E-state index contributed by atoms with van der Waals surface area (Å²) in [5.74, 6) is 1.00. The molecule has 1 rings (SSSR count). The molecule has 0 atom stereocenters. The predicted molar refractivity (Wildman–Crippen MR) is 76.1 cm³/mol. The molecule has 0 N–H and O–H groups in total. The molecule has 0 aromatic heterocycles. The average Bonchev–Trinajstić information content (AvgIpc) is 2.10. The van der Waals surface area contributed by atoms with Crippen LogP contribution in [0.1, 0.15) is 32.1 Å². The van der Waals surface area contributed by atoms with Crippen molar-refractivity contribution in [3.05, 3.63) is 0 Å². The van der Waals surface area contributed by atoms with E-state index in [0.717, 1.165) is 5.92 Å². The van der Waals surface area contributed by atoms with Crippen LogP contribution in [0.3, 0.4) is 0 Å². The van der Waals surface area contributed by atoms with E-state index in [1.165, 1.54) is 41.0 Å². The lowest BCUT2D eigenvalue weighted by Crippen LogP contribution is -2.30. The zero-order valence-electron chi connectivity index (χ0n) is 7.23. The van der Waals surface area contributed by atoms with Gasteiger partial charge in [-0.1, -0.05) is 45.2 Å². The second-order valence-corrected chi connectivity index (χ2v) is 6.57. The zero-order chi connectivity index (χ0) is 9.03. The molecule has 1 saturated carbocycles. The van der Waals surface area contributed by atoms with E-state index in [1.54, 1.807) is 0 Å². The fraction of sp³-hybridized carbons (Fsp3) is 1.00. The highest BCUT2D eigenvalue weighted by atomic mass is 127. The maximum atomic E-state index is 4.75. The smallest absolute Gasteiger partial charge is 0.0219 e. The number of halogens is 2. The lowest BCUT2D eigenvalue weighted by molar-refractivity contribution is 0.316. The molecular formula is C9H16I2S. The summed E-state index contributed by atoms with van der Waals surface area (Å²) in [6.07, 6.45) is 6.91. The van der Waals surface area contributed by atoms with Gasteiger partial charge in [-0.3, -0.25) is 0 Å². The van der Waals surface area contributed by atoms with Crippen LogP contribution >= 0.6 is 57.8 Å². The Hall–Kier alpha value is 1.81. The quantitative estimate of drug-likeness (QED) is 0.405. The van der Waals surface area contributed by atoms with E-state index in [1.807, 2.05) is 0 Å². The van der Waals surface area contributed by atoms with E-state index in [9.17, 15) is 0 Å². The summed E-state index contributed by atoms with van der Waals surface area (Å²) in [6, 6.07) is 0. The molecule has 0 nitrogen and oxygen atoms in total. The van der Waals surface area contributed by atoms with Gasteiger partial charge in [0.15, 0.2) is 0 Å². The molecule has 0 bridgehead atoms. The molecule has 0 aliphatic heterocycles. The van der Waals surface area contributed by atoms with Gasteiger partial charge in [-0.15, -0.1) is 0 Å². The van der Waals surface area contributed by atoms with Gasteiger partial charge in [0.2, 0.25) is 0 Å². The lowest BCUT2D eigenvalue weighted by Gasteiger charge is -2.35. The minimum Gasteiger partial charge on any atom is -0.172 e. The molecule has 0 aromatic rings. The van der Waals surface area contributed by atoms with Gasteiger partial charge in [-0.05, 0) is 42.4 Å². The molecule has 72 valence electrons. The van der Waals surface area contributed by atoms with Gasteiger partial charge in [0.05, 0.1) is 0 Å². The van der Waals surface area contributed by atoms with Crippen molar-refractivity contribution in [1.29, 1.82) is 0 Å². The minimum atomic E-state index is 0.377. The van der Waals surface area contributed by atoms with Crippen molar-refractivity contribution >= 4 is 57.8 Å². The van der Waals surface area contributed by atoms with Gasteiger partial charge in [0, 0.05) is 9.17 Å². The Morgan fingerprint density at radius 3 is 2.25 bits per heavy atom. The molecule has 1 aliphatic rings. The van der Waals surface area contributed by atoms with E-state index in [-0.39, 0.29) is 0 Å². The number of thiol groups is 1. The van der Waals surface area contributed by atoms with Crippen LogP contribution in [0.2, 0.25) is 0 Å². The maximum absolute atomic E-state index is 4.75. The van der Waals surface area contributed by atoms with Crippen LogP contribution in [0, 0.1) is 5.92 Å². The molecule has 0 amide bonds. The SMILES string of the molecule is SC1(CI)CCC(CCI)CC1. The summed E-state index contributed by atoms with van der Waals surface area (Å²) >= 11 is 9.71. The van der Waals surface area contributed by atoms with Crippen LogP contribution in [-0.4, -0.2) is 13.6 Å². The molecule has 1 aliphatic carbocycles. The Morgan fingerprint density at radius 2 is 1.83 bits per heavy atom. The van der Waals surface area contributed by atoms with Gasteiger partial charge in [0.1, 0.15) is 0 Å². The molecule has 0 heterocycles. The van der Waals surface area contributed by atoms with Crippen molar-refractivity contribution in [1.82, 2.24) is 0 Å². The predicted octanol–water partition coefficient (Wildman–Crippen LogP) is 4.11. The molecular weight excluding hydrogens is 394 g/mol. The van der Waals surface area contributed by atoms with E-state index < -0.39 is 0 Å². The fourth-order valence-corrected chi connectivity index (χ4v) is 3.69. The molecule has 0 radical (unpaired) electrons. The Labute approximate surface area is 108 Å². The molecule has 1 fully saturated rings. The first-order chi connectivity index (χ1) is 5.70. The van der Waals surface area contributed by atoms with Gasteiger partial charge >= 0.3 is 0 Å². The third-order valence-electron chi connectivity index (χ3n) is 2.80. The van der Waals surface area contributed by atoms with Gasteiger partial charge < -0.3 is 0 Å². The number of hydrogen-bond donors (Lipinski definition) is 1. The maximum Gasteiger partial charge on any atom is 0.0219 e. The van der Waals surface area contributed by atoms with Gasteiger partial charge in [-0.2, -0.15) is 12.6 Å². The van der Waals surface area contributed by atoms with Crippen LogP contribution in [0.25, 0.3) is 0 Å². The van der Waals surface area contributed by atoms with E-state index in [0.29, 0.717) is 4.75 Å². The van der Waals surface area contributed by atoms with Crippen molar-refractivity contribution in [2.75, 3.05) is 8.86 Å². The molecule has 0 spiro atoms. The second kappa shape index (κ2) is 5.63. The van der Waals surface area contributed by atoms with Crippen LogP contribution in [0.5, 0.6) is 0 Å². The van der Waals surface area contributed by atoms with Crippen molar-refractivity contribution in [2.24, 2.45) is 5.92 Å². The Morgan fingerprint density at radius 1 is 1.25 bits per heavy atom. The zero-order valence-corrected chi connectivity index (χ0v) is 12.4. The minimum absolute atomic E-state index is 0.377. The highest BCUT2D eigenvalue weighted by molar-refractivity contribution is 14.1. The van der Waals surface area contributed by atoms with Crippen LogP contribution < -0.4 is 0 Å². The number of hydrogen-bond acceptors (Lipinski definition) is 1. The highest BCUT2D eigenvalue weighted by Crippen LogP contribution is 2.39. The summed E-state index contributed by atoms with van der Waals surface area (Å²) in [4.78, 5) is 0. The average molecular weight is 410 g/mol. The largest absolute Gasteiger partial charge is 0.172 e. The van der Waals surface area contributed by atoms with Crippen LogP contribution in [0.15, 0.2) is 0 Å². The standard InChI is InChI=1S/C9H16I2S/c10-6-3-8-1-4-9(12,7-11)5-2-8/h8,12H,1-7H2. The normalized spacial score (nSPS) is 36.8. The Kier molecular flexibility index (Phi) is 5.58. The Balaban J connectivity index is 2.29. The number of rotatable bonds is 3. The first kappa shape index (κ1) is 11.9. The van der Waals surface area contributed by atoms with Crippen LogP contribution in [0.4, 0.5) is 0 Å². The van der Waals surface area contributed by atoms with Crippen molar-refractivity contribution in [3.8, 4) is 0 Å². The third kappa shape index (κ3) is 3.52. The fourth-order valence-electron chi connectivity index (χ4n) is 1.79. The highest BCUT2D eigenvalue weighted by Gasteiger charge is 2.30. The summed E-state index contributed by atoms with van der Waals surface area (Å²) in [6.45, 7) is 0. The van der Waals surface area contributed by atoms with Crippen molar-refractivity contribution < 1.29 is 0 Å². The third-order valence-corrected chi connectivity index (χ3v) is 6.09. The topological polar surface area (TPSA) is 0 Å². The Bertz CT molecular complexity index is 130. The second-order valence-electron chi connectivity index (χ2n) is 3.78. The molecule has 0 unspecified atom stereocenters. The molecule has 12 heavy (non-hydrogen) atoms. The van der Waals surface area contributed by atoms with E-state index in [2.05, 4.69) is 45.2 Å². The summed E-state index contributed by atoms with van der Waals surface area (Å²) < 4.78 is 2.92. The number of alkyl halides is 2. The van der Waals surface area contributed by atoms with Crippen molar-refractivity contribution in [3.63, 3.8) is 0 Å². The molecule has 0 saturated heterocycles. The summed E-state index contributed by atoms with van der Waals surface area (Å²) in [5, 5.41) is 0. The van der Waals surface area contributed by atoms with Gasteiger partial charge in [0.25, 0.3) is 0 Å². The first-order valence-electron chi connectivity index (χ1n) is 4.54.